The summed E-state index contributed by atoms with van der Waals surface area (Å²) in [6.45, 7) is 8.10. The van der Waals surface area contributed by atoms with Crippen LogP contribution in [0, 0.1) is 5.82 Å². The molecule has 1 fully saturated rings. The summed E-state index contributed by atoms with van der Waals surface area (Å²) in [5, 5.41) is 2.98. The van der Waals surface area contributed by atoms with Crippen LogP contribution in [0.15, 0.2) is 48.5 Å². The van der Waals surface area contributed by atoms with Gasteiger partial charge < -0.3 is 10.2 Å². The molecule has 1 aliphatic rings. The first-order valence-electron chi connectivity index (χ1n) is 9.14. The van der Waals surface area contributed by atoms with Crippen LogP contribution in [-0.2, 0) is 6.54 Å². The summed E-state index contributed by atoms with van der Waals surface area (Å²) in [5.74, 6) is 0.269. The van der Waals surface area contributed by atoms with Crippen molar-refractivity contribution in [1.82, 2.24) is 9.80 Å². The summed E-state index contributed by atoms with van der Waals surface area (Å²) >= 11 is 0. The second kappa shape index (κ2) is 8.32. The van der Waals surface area contributed by atoms with Gasteiger partial charge in [-0.2, -0.15) is 0 Å². The van der Waals surface area contributed by atoms with E-state index >= 15 is 0 Å². The summed E-state index contributed by atoms with van der Waals surface area (Å²) in [6, 6.07) is 14.6. The van der Waals surface area contributed by atoms with Crippen LogP contribution in [0.3, 0.4) is 0 Å². The Labute approximate surface area is 154 Å². The molecule has 0 atom stereocenters. The number of hydrogen-bond acceptors (Lipinski definition) is 2. The minimum atomic E-state index is -0.211. The number of benzene rings is 2. The fourth-order valence-corrected chi connectivity index (χ4v) is 3.11. The van der Waals surface area contributed by atoms with Crippen molar-refractivity contribution in [2.45, 2.75) is 26.3 Å². The lowest BCUT2D eigenvalue weighted by Gasteiger charge is -2.34. The highest BCUT2D eigenvalue weighted by molar-refractivity contribution is 5.89. The third-order valence-electron chi connectivity index (χ3n) is 4.81. The van der Waals surface area contributed by atoms with Gasteiger partial charge in [0.1, 0.15) is 5.82 Å². The van der Waals surface area contributed by atoms with Gasteiger partial charge in [-0.3, -0.25) is 4.90 Å². The number of nitrogens with one attached hydrogen (secondary N) is 1. The van der Waals surface area contributed by atoms with Crippen LogP contribution in [0.5, 0.6) is 0 Å². The molecule has 1 heterocycles. The smallest absolute Gasteiger partial charge is 0.321 e. The monoisotopic (exact) mass is 355 g/mol. The summed E-state index contributed by atoms with van der Waals surface area (Å²) in [6.07, 6.45) is 0. The Hall–Kier alpha value is -2.40. The van der Waals surface area contributed by atoms with E-state index in [-0.39, 0.29) is 11.8 Å². The van der Waals surface area contributed by atoms with Crippen LogP contribution >= 0.6 is 0 Å². The Kier molecular flexibility index (Phi) is 5.89. The third-order valence-corrected chi connectivity index (χ3v) is 4.81. The zero-order valence-electron chi connectivity index (χ0n) is 15.4. The summed E-state index contributed by atoms with van der Waals surface area (Å²) in [5.41, 5.74) is 3.18. The summed E-state index contributed by atoms with van der Waals surface area (Å²) in [4.78, 5) is 16.6. The number of carbonyl (C=O) groups is 1. The highest BCUT2D eigenvalue weighted by atomic mass is 19.1. The van der Waals surface area contributed by atoms with Gasteiger partial charge >= 0.3 is 6.03 Å². The molecule has 0 spiro atoms. The highest BCUT2D eigenvalue weighted by Gasteiger charge is 2.21. The van der Waals surface area contributed by atoms with Gasteiger partial charge in [0.25, 0.3) is 0 Å². The maximum absolute atomic E-state index is 13.0. The molecule has 0 aromatic heterocycles. The van der Waals surface area contributed by atoms with E-state index in [2.05, 4.69) is 36.2 Å². The third kappa shape index (κ3) is 4.82. The zero-order chi connectivity index (χ0) is 18.5. The van der Waals surface area contributed by atoms with E-state index in [1.54, 1.807) is 0 Å². The van der Waals surface area contributed by atoms with E-state index in [0.29, 0.717) is 19.0 Å². The SMILES string of the molecule is CC(C)c1ccc(NC(=O)N2CCN(Cc3ccc(F)cc3)CC2)cc1. The zero-order valence-corrected chi connectivity index (χ0v) is 15.4. The molecule has 0 bridgehead atoms. The van der Waals surface area contributed by atoms with Crippen molar-refractivity contribution < 1.29 is 9.18 Å². The van der Waals surface area contributed by atoms with Gasteiger partial charge in [0.2, 0.25) is 0 Å². The van der Waals surface area contributed by atoms with Crippen molar-refractivity contribution in [3.8, 4) is 0 Å². The lowest BCUT2D eigenvalue weighted by molar-refractivity contribution is 0.143. The lowest BCUT2D eigenvalue weighted by Crippen LogP contribution is -2.49. The molecule has 5 heteroatoms. The van der Waals surface area contributed by atoms with Crippen molar-refractivity contribution in [3.63, 3.8) is 0 Å². The van der Waals surface area contributed by atoms with Gasteiger partial charge in [0.15, 0.2) is 0 Å². The van der Waals surface area contributed by atoms with Crippen LogP contribution in [0.25, 0.3) is 0 Å². The Morgan fingerprint density at radius 3 is 2.19 bits per heavy atom. The number of amides is 2. The van der Waals surface area contributed by atoms with E-state index in [1.165, 1.54) is 17.7 Å². The highest BCUT2D eigenvalue weighted by Crippen LogP contribution is 2.18. The van der Waals surface area contributed by atoms with Gasteiger partial charge in [-0.25, -0.2) is 9.18 Å². The molecule has 0 aliphatic carbocycles. The van der Waals surface area contributed by atoms with E-state index in [1.807, 2.05) is 29.2 Å². The Bertz CT molecular complexity index is 720. The van der Waals surface area contributed by atoms with E-state index in [0.717, 1.165) is 30.9 Å². The first-order valence-corrected chi connectivity index (χ1v) is 9.14. The van der Waals surface area contributed by atoms with Crippen molar-refractivity contribution >= 4 is 11.7 Å². The number of piperazine rings is 1. The Morgan fingerprint density at radius 1 is 1.00 bits per heavy atom. The molecule has 138 valence electrons. The molecule has 2 aromatic rings. The summed E-state index contributed by atoms with van der Waals surface area (Å²) < 4.78 is 13.0. The van der Waals surface area contributed by atoms with Crippen LogP contribution in [0.4, 0.5) is 14.9 Å². The first-order chi connectivity index (χ1) is 12.5. The van der Waals surface area contributed by atoms with Crippen molar-refractivity contribution in [2.24, 2.45) is 0 Å². The number of rotatable bonds is 4. The molecular formula is C21H26FN3O. The minimum Gasteiger partial charge on any atom is -0.322 e. The molecular weight excluding hydrogens is 329 g/mol. The van der Waals surface area contributed by atoms with Gasteiger partial charge in [0, 0.05) is 38.4 Å². The number of nitrogens with zero attached hydrogens (tertiary/aromatic N) is 2. The van der Waals surface area contributed by atoms with Crippen LogP contribution in [0.1, 0.15) is 30.9 Å². The van der Waals surface area contributed by atoms with E-state index < -0.39 is 0 Å². The molecule has 0 unspecified atom stereocenters. The van der Waals surface area contributed by atoms with E-state index in [9.17, 15) is 9.18 Å². The van der Waals surface area contributed by atoms with Crippen LogP contribution < -0.4 is 5.32 Å². The maximum Gasteiger partial charge on any atom is 0.321 e. The molecule has 2 amide bonds. The van der Waals surface area contributed by atoms with Crippen molar-refractivity contribution in [1.29, 1.82) is 0 Å². The standard InChI is InChI=1S/C21H26FN3O/c1-16(2)18-5-9-20(10-6-18)23-21(26)25-13-11-24(12-14-25)15-17-3-7-19(22)8-4-17/h3-10,16H,11-15H2,1-2H3,(H,23,26). The lowest BCUT2D eigenvalue weighted by atomic mass is 10.0. The second-order valence-corrected chi connectivity index (χ2v) is 7.10. The predicted octanol–water partition coefficient (Wildman–Crippen LogP) is 4.30. The quantitative estimate of drug-likeness (QED) is 0.888. The summed E-state index contributed by atoms with van der Waals surface area (Å²) in [7, 11) is 0. The topological polar surface area (TPSA) is 35.6 Å². The average molecular weight is 355 g/mol. The van der Waals surface area contributed by atoms with Gasteiger partial charge in [-0.05, 0) is 41.3 Å². The normalized spacial score (nSPS) is 15.3. The van der Waals surface area contributed by atoms with Gasteiger partial charge in [-0.1, -0.05) is 38.1 Å². The number of anilines is 1. The first kappa shape index (κ1) is 18.4. The molecule has 1 aliphatic heterocycles. The van der Waals surface area contributed by atoms with Gasteiger partial charge in [-0.15, -0.1) is 0 Å². The molecule has 1 saturated heterocycles. The average Bonchev–Trinajstić information content (AvgIpc) is 2.64. The maximum atomic E-state index is 13.0. The van der Waals surface area contributed by atoms with Crippen LogP contribution in [0.2, 0.25) is 0 Å². The molecule has 2 aromatic carbocycles. The van der Waals surface area contributed by atoms with Crippen molar-refractivity contribution in [2.75, 3.05) is 31.5 Å². The molecule has 3 rings (SSSR count). The number of hydrogen-bond donors (Lipinski definition) is 1. The second-order valence-electron chi connectivity index (χ2n) is 7.10. The minimum absolute atomic E-state index is 0.0521. The van der Waals surface area contributed by atoms with Crippen LogP contribution in [-0.4, -0.2) is 42.0 Å². The largest absolute Gasteiger partial charge is 0.322 e. The fourth-order valence-electron chi connectivity index (χ4n) is 3.11. The molecule has 4 nitrogen and oxygen atoms in total. The number of carbonyl (C=O) groups excluding carboxylic acids is 1. The number of halogens is 1. The Morgan fingerprint density at radius 2 is 1.62 bits per heavy atom. The predicted molar refractivity (Wildman–Crippen MR) is 103 cm³/mol. The van der Waals surface area contributed by atoms with Crippen molar-refractivity contribution in [3.05, 3.63) is 65.5 Å². The van der Waals surface area contributed by atoms with Gasteiger partial charge in [0.05, 0.1) is 0 Å². The fraction of sp³-hybridized carbons (Fsp3) is 0.381. The molecule has 0 radical (unpaired) electrons. The molecule has 1 N–H and O–H groups in total. The Balaban J connectivity index is 1.47. The number of urea groups is 1. The molecule has 26 heavy (non-hydrogen) atoms. The van der Waals surface area contributed by atoms with E-state index in [4.69, 9.17) is 0 Å². The molecule has 0 saturated carbocycles.